The minimum absolute atomic E-state index is 0. The Morgan fingerprint density at radius 3 is 1.05 bits per heavy atom. The third-order valence-electron chi connectivity index (χ3n) is 11.0. The first kappa shape index (κ1) is 53.6. The van der Waals surface area contributed by atoms with Gasteiger partial charge in [0.2, 0.25) is 0 Å². The van der Waals surface area contributed by atoms with Crippen LogP contribution < -0.4 is 56.6 Å². The Kier molecular flexibility index (Phi) is 27.0. The average Bonchev–Trinajstić information content (AvgIpc) is 3.28. The molecule has 0 spiro atoms. The van der Waals surface area contributed by atoms with E-state index in [1.54, 1.807) is 0 Å². The zero-order valence-corrected chi connectivity index (χ0v) is 38.0. The number of rotatable bonds is 15. The first-order valence-electron chi connectivity index (χ1n) is 20.9. The zero-order valence-electron chi connectivity index (χ0n) is 40.0. The van der Waals surface area contributed by atoms with Crippen LogP contribution in [0.15, 0.2) is 183 Å². The van der Waals surface area contributed by atoms with E-state index in [9.17, 15) is 0 Å². The molecule has 0 aliphatic heterocycles. The summed E-state index contributed by atoms with van der Waals surface area (Å²) in [4.78, 5) is 0. The topological polar surface area (TPSA) is 0 Å². The van der Waals surface area contributed by atoms with E-state index in [1.807, 2.05) is 36.4 Å². The number of hydrogen-bond acceptors (Lipinski definition) is 0. The molecule has 0 bridgehead atoms. The van der Waals surface area contributed by atoms with Crippen LogP contribution in [0.2, 0.25) is 0 Å². The molecule has 0 amide bonds. The second-order valence-corrected chi connectivity index (χ2v) is 15.2. The summed E-state index contributed by atoms with van der Waals surface area (Å²) in [6, 6.07) is 60.5. The Morgan fingerprint density at radius 2 is 0.729 bits per heavy atom. The minimum Gasteiger partial charge on any atom is -1.00 e. The molecule has 0 saturated heterocycles. The van der Waals surface area contributed by atoms with Crippen LogP contribution in [0, 0.1) is 18.3 Å². The van der Waals surface area contributed by atoms with Crippen LogP contribution in [-0.2, 0) is 0 Å². The van der Waals surface area contributed by atoms with Gasteiger partial charge in [-0.3, -0.25) is 0 Å². The maximum absolute atomic E-state index is 4.24. The molecule has 0 N–H and O–H groups in total. The van der Waals surface area contributed by atoms with Crippen LogP contribution in [0.3, 0.4) is 0 Å². The summed E-state index contributed by atoms with van der Waals surface area (Å²) in [5.41, 5.74) is 12.4. The smallest absolute Gasteiger partial charge is 1.00 e. The molecule has 0 radical (unpaired) electrons. The van der Waals surface area contributed by atoms with Gasteiger partial charge in [0.05, 0.1) is 0 Å². The molecule has 294 valence electrons. The van der Waals surface area contributed by atoms with E-state index >= 15 is 0 Å². The summed E-state index contributed by atoms with van der Waals surface area (Å²) in [5.74, 6) is 2.34. The van der Waals surface area contributed by atoms with Gasteiger partial charge in [0, 0.05) is 11.8 Å². The molecular formula is C56H67Li3. The predicted molar refractivity (Wildman–Crippen MR) is 249 cm³/mol. The predicted octanol–water partition coefficient (Wildman–Crippen LogP) is 7.49. The minimum atomic E-state index is 0. The molecule has 6 aromatic rings. The number of unbranched alkanes of at least 4 members (excludes halogenated alkanes) is 1. The SMILES string of the molecule is C=C(c1ccccc1)c1cccc(C(=C)c2ccccc2)c1.CCC(C)CC(c1ccccc1)c1cccc(C(CC(C)CC)c2ccccc2)c1.C[CH-]CC.[H-].[H-].[Li+].[Li+].[Li+]. The third kappa shape index (κ3) is 17.2. The van der Waals surface area contributed by atoms with Crippen molar-refractivity contribution in [1.82, 2.24) is 0 Å². The molecule has 0 nitrogen and oxygen atoms in total. The summed E-state index contributed by atoms with van der Waals surface area (Å²) in [7, 11) is 0. The Labute approximate surface area is 399 Å². The van der Waals surface area contributed by atoms with Crippen molar-refractivity contribution in [3.63, 3.8) is 0 Å². The second kappa shape index (κ2) is 29.8. The Balaban J connectivity index is 0. The van der Waals surface area contributed by atoms with E-state index in [4.69, 9.17) is 0 Å². The van der Waals surface area contributed by atoms with Gasteiger partial charge in [-0.05, 0) is 86.4 Å². The molecule has 0 aliphatic rings. The molecule has 0 aliphatic carbocycles. The molecule has 0 saturated carbocycles. The van der Waals surface area contributed by atoms with Gasteiger partial charge in [0.25, 0.3) is 0 Å². The Morgan fingerprint density at radius 1 is 0.441 bits per heavy atom. The monoisotopic (exact) mass is 761 g/mol. The van der Waals surface area contributed by atoms with Gasteiger partial charge < -0.3 is 9.27 Å². The number of hydrogen-bond donors (Lipinski definition) is 0. The summed E-state index contributed by atoms with van der Waals surface area (Å²) in [6.07, 6.45) is 8.17. The Hall–Kier alpha value is -3.41. The molecule has 6 rings (SSSR count). The summed E-state index contributed by atoms with van der Waals surface area (Å²) in [6.45, 7) is 22.0. The van der Waals surface area contributed by atoms with Crippen molar-refractivity contribution < 1.29 is 59.4 Å². The molecule has 3 heteroatoms. The van der Waals surface area contributed by atoms with E-state index in [-0.39, 0.29) is 59.4 Å². The zero-order chi connectivity index (χ0) is 40.1. The van der Waals surface area contributed by atoms with Crippen LogP contribution in [-0.4, -0.2) is 0 Å². The average molecular weight is 761 g/mol. The molecule has 59 heavy (non-hydrogen) atoms. The summed E-state index contributed by atoms with van der Waals surface area (Å²) < 4.78 is 0. The van der Waals surface area contributed by atoms with Crippen LogP contribution in [0.25, 0.3) is 11.1 Å². The van der Waals surface area contributed by atoms with Gasteiger partial charge in [-0.25, -0.2) is 0 Å². The second-order valence-electron chi connectivity index (χ2n) is 15.2. The van der Waals surface area contributed by atoms with Crippen molar-refractivity contribution >= 4 is 11.1 Å². The van der Waals surface area contributed by atoms with E-state index in [2.05, 4.69) is 195 Å². The van der Waals surface area contributed by atoms with Crippen LogP contribution in [0.4, 0.5) is 0 Å². The summed E-state index contributed by atoms with van der Waals surface area (Å²) >= 11 is 0. The van der Waals surface area contributed by atoms with Gasteiger partial charge >= 0.3 is 56.6 Å². The fourth-order valence-corrected chi connectivity index (χ4v) is 6.94. The van der Waals surface area contributed by atoms with E-state index in [0.29, 0.717) is 23.7 Å². The maximum Gasteiger partial charge on any atom is 1.00 e. The molecule has 4 unspecified atom stereocenters. The first-order valence-corrected chi connectivity index (χ1v) is 20.9. The van der Waals surface area contributed by atoms with Gasteiger partial charge in [-0.15, -0.1) is 0 Å². The molecule has 6 aromatic carbocycles. The number of benzene rings is 6. The Bertz CT molecular complexity index is 1880. The molecule has 0 fully saturated rings. The van der Waals surface area contributed by atoms with Crippen molar-refractivity contribution in [3.05, 3.63) is 234 Å². The van der Waals surface area contributed by atoms with Gasteiger partial charge in [0.1, 0.15) is 0 Å². The van der Waals surface area contributed by atoms with Crippen molar-refractivity contribution in [2.24, 2.45) is 11.8 Å². The van der Waals surface area contributed by atoms with Crippen LogP contribution in [0.1, 0.15) is 133 Å². The van der Waals surface area contributed by atoms with Crippen molar-refractivity contribution in [3.8, 4) is 0 Å². The van der Waals surface area contributed by atoms with E-state index in [1.165, 1.54) is 54.4 Å². The third-order valence-corrected chi connectivity index (χ3v) is 11.0. The molecule has 0 aromatic heterocycles. The quantitative estimate of drug-likeness (QED) is 0.0753. The molecule has 0 heterocycles. The largest absolute Gasteiger partial charge is 1.00 e. The standard InChI is InChI=1S/C30H38.C22H18.C4H9.3Li.2H/c1-5-23(3)20-29(25-14-9-7-10-15-25)27-18-13-19-28(22-27)30(21-24(4)6-2)26-16-11-8-12-17-26;1-17(19-10-5-3-6-11-19)21-14-9-15-22(16-21)18(2)20-12-7-4-8-13-20;1-3-4-2;;;;;/h7-19,22-24,29-30H,5-6,20-21H2,1-4H3;3-16H,1-2H2;3H,4H2,1-2H3;;;;;/q;;-1;3*+1;2*-1. The van der Waals surface area contributed by atoms with E-state index < -0.39 is 0 Å². The fraction of sp³-hybridized carbons (Fsp3) is 0.268. The first-order chi connectivity index (χ1) is 27.3. The van der Waals surface area contributed by atoms with Crippen molar-refractivity contribution in [1.29, 1.82) is 0 Å². The van der Waals surface area contributed by atoms with Crippen LogP contribution in [0.5, 0.6) is 0 Å². The summed E-state index contributed by atoms with van der Waals surface area (Å²) in [5, 5.41) is 0. The van der Waals surface area contributed by atoms with Crippen molar-refractivity contribution in [2.75, 3.05) is 0 Å². The van der Waals surface area contributed by atoms with Crippen LogP contribution >= 0.6 is 0 Å². The van der Waals surface area contributed by atoms with E-state index in [0.717, 1.165) is 33.4 Å². The molecular weight excluding hydrogens is 693 g/mol. The van der Waals surface area contributed by atoms with Gasteiger partial charge in [-0.1, -0.05) is 224 Å². The van der Waals surface area contributed by atoms with Gasteiger partial charge in [0.15, 0.2) is 0 Å². The van der Waals surface area contributed by atoms with Crippen molar-refractivity contribution in [2.45, 2.75) is 85.5 Å². The van der Waals surface area contributed by atoms with Gasteiger partial charge in [-0.2, -0.15) is 13.3 Å². The normalized spacial score (nSPS) is 12.1. The maximum atomic E-state index is 4.24. The fourth-order valence-electron chi connectivity index (χ4n) is 6.94. The molecule has 4 atom stereocenters.